The first-order valence-corrected chi connectivity index (χ1v) is 9.32. The average Bonchev–Trinajstić information content (AvgIpc) is 2.56. The van der Waals surface area contributed by atoms with Gasteiger partial charge < -0.3 is 4.90 Å². The number of nitrogens with two attached hydrogens (primary N) is 1. The van der Waals surface area contributed by atoms with Gasteiger partial charge in [-0.15, -0.1) is 0 Å². The van der Waals surface area contributed by atoms with E-state index in [0.29, 0.717) is 24.4 Å². The lowest BCUT2D eigenvalue weighted by Gasteiger charge is -2.39. The third-order valence-corrected chi connectivity index (χ3v) is 5.98. The van der Waals surface area contributed by atoms with Gasteiger partial charge in [-0.25, -0.2) is 8.42 Å². The molecule has 0 spiro atoms. The van der Waals surface area contributed by atoms with Crippen LogP contribution < -0.4 is 11.3 Å². The average molecular weight is 289 g/mol. The SMILES string of the molecule is CN1C2CCC1CC(C(CCCS(C)(=O)=O)NN)C2. The normalized spacial score (nSPS) is 33.5. The Morgan fingerprint density at radius 3 is 2.37 bits per heavy atom. The van der Waals surface area contributed by atoms with Crippen LogP contribution in [0.15, 0.2) is 0 Å². The number of hydrazine groups is 1. The van der Waals surface area contributed by atoms with Gasteiger partial charge in [0.1, 0.15) is 9.84 Å². The van der Waals surface area contributed by atoms with E-state index in [4.69, 9.17) is 5.84 Å². The molecule has 2 bridgehead atoms. The lowest BCUT2D eigenvalue weighted by molar-refractivity contribution is 0.110. The topological polar surface area (TPSA) is 75.4 Å². The van der Waals surface area contributed by atoms with E-state index in [1.807, 2.05) is 0 Å². The second kappa shape index (κ2) is 6.08. The molecule has 2 aliphatic rings. The minimum atomic E-state index is -2.85. The van der Waals surface area contributed by atoms with Gasteiger partial charge in [-0.1, -0.05) is 0 Å². The van der Waals surface area contributed by atoms with E-state index in [1.54, 1.807) is 0 Å². The van der Waals surface area contributed by atoms with Crippen molar-refractivity contribution in [2.45, 2.75) is 56.7 Å². The molecule has 0 saturated carbocycles. The maximum Gasteiger partial charge on any atom is 0.147 e. The van der Waals surface area contributed by atoms with Gasteiger partial charge in [0.05, 0.1) is 0 Å². The standard InChI is InChI=1S/C13H27N3O2S/c1-16-11-5-6-12(16)9-10(8-11)13(15-14)4-3-7-19(2,17)18/h10-13,15H,3-9,14H2,1-2H3. The van der Waals surface area contributed by atoms with Gasteiger partial charge in [0.25, 0.3) is 0 Å². The van der Waals surface area contributed by atoms with Crippen LogP contribution in [0.3, 0.4) is 0 Å². The molecule has 3 atom stereocenters. The molecular weight excluding hydrogens is 262 g/mol. The van der Waals surface area contributed by atoms with Crippen molar-refractivity contribution in [3.8, 4) is 0 Å². The molecule has 6 heteroatoms. The third kappa shape index (κ3) is 3.90. The van der Waals surface area contributed by atoms with Crippen LogP contribution in [0.25, 0.3) is 0 Å². The van der Waals surface area contributed by atoms with Crippen LogP contribution in [0.2, 0.25) is 0 Å². The van der Waals surface area contributed by atoms with Gasteiger partial charge in [0.2, 0.25) is 0 Å². The predicted molar refractivity (Wildman–Crippen MR) is 77.4 cm³/mol. The number of nitrogens with zero attached hydrogens (tertiary/aromatic N) is 1. The first-order chi connectivity index (χ1) is 8.90. The number of fused-ring (bicyclic) bond motifs is 2. The van der Waals surface area contributed by atoms with Gasteiger partial charge in [-0.05, 0) is 51.5 Å². The minimum absolute atomic E-state index is 0.263. The Kier molecular flexibility index (Phi) is 4.87. The highest BCUT2D eigenvalue weighted by atomic mass is 32.2. The van der Waals surface area contributed by atoms with Gasteiger partial charge in [0, 0.05) is 30.1 Å². The van der Waals surface area contributed by atoms with Crippen LogP contribution >= 0.6 is 0 Å². The summed E-state index contributed by atoms with van der Waals surface area (Å²) in [5, 5.41) is 0. The van der Waals surface area contributed by atoms with Gasteiger partial charge in [-0.2, -0.15) is 0 Å². The summed E-state index contributed by atoms with van der Waals surface area (Å²) in [6.45, 7) is 0. The summed E-state index contributed by atoms with van der Waals surface area (Å²) >= 11 is 0. The van der Waals surface area contributed by atoms with Crippen molar-refractivity contribution < 1.29 is 8.42 Å². The lowest BCUT2D eigenvalue weighted by Crippen LogP contribution is -2.49. The third-order valence-electron chi connectivity index (χ3n) is 4.95. The number of piperidine rings is 1. The Bertz CT molecular complexity index is 385. The van der Waals surface area contributed by atoms with Crippen LogP contribution in [0.4, 0.5) is 0 Å². The summed E-state index contributed by atoms with van der Waals surface area (Å²) in [5.74, 6) is 6.55. The lowest BCUT2D eigenvalue weighted by atomic mass is 9.83. The molecule has 0 aromatic heterocycles. The number of sulfone groups is 1. The molecule has 0 radical (unpaired) electrons. The fraction of sp³-hybridized carbons (Fsp3) is 1.00. The Labute approximate surface area is 116 Å². The minimum Gasteiger partial charge on any atom is -0.300 e. The molecule has 2 saturated heterocycles. The first kappa shape index (κ1) is 15.2. The molecule has 2 fully saturated rings. The van der Waals surface area contributed by atoms with Crippen molar-refractivity contribution in [1.29, 1.82) is 0 Å². The number of hydrogen-bond acceptors (Lipinski definition) is 5. The quantitative estimate of drug-likeness (QED) is 0.551. The van der Waals surface area contributed by atoms with Crippen LogP contribution in [-0.2, 0) is 9.84 Å². The highest BCUT2D eigenvalue weighted by Crippen LogP contribution is 2.39. The highest BCUT2D eigenvalue weighted by Gasteiger charge is 2.40. The smallest absolute Gasteiger partial charge is 0.147 e. The van der Waals surface area contributed by atoms with E-state index in [0.717, 1.165) is 6.42 Å². The number of hydrogen-bond donors (Lipinski definition) is 2. The zero-order valence-corrected chi connectivity index (χ0v) is 12.8. The molecule has 5 nitrogen and oxygen atoms in total. The van der Waals surface area contributed by atoms with Crippen molar-refractivity contribution in [2.24, 2.45) is 11.8 Å². The van der Waals surface area contributed by atoms with E-state index >= 15 is 0 Å². The van der Waals surface area contributed by atoms with Crippen LogP contribution in [0, 0.1) is 5.92 Å². The molecule has 19 heavy (non-hydrogen) atoms. The summed E-state index contributed by atoms with van der Waals surface area (Å²) in [6.07, 6.45) is 7.86. The van der Waals surface area contributed by atoms with Gasteiger partial charge in [-0.3, -0.25) is 11.3 Å². The van der Waals surface area contributed by atoms with E-state index < -0.39 is 9.84 Å². The summed E-state index contributed by atoms with van der Waals surface area (Å²) in [4.78, 5) is 2.51. The fourth-order valence-electron chi connectivity index (χ4n) is 3.80. The fourth-order valence-corrected chi connectivity index (χ4v) is 4.49. The summed E-state index contributed by atoms with van der Waals surface area (Å²) in [7, 11) is -0.624. The number of rotatable bonds is 6. The van der Waals surface area contributed by atoms with Gasteiger partial charge >= 0.3 is 0 Å². The first-order valence-electron chi connectivity index (χ1n) is 7.26. The summed E-state index contributed by atoms with van der Waals surface area (Å²) in [6, 6.07) is 1.67. The van der Waals surface area contributed by atoms with Crippen molar-refractivity contribution in [2.75, 3.05) is 19.1 Å². The van der Waals surface area contributed by atoms with Crippen molar-refractivity contribution in [3.05, 3.63) is 0 Å². The van der Waals surface area contributed by atoms with Crippen LogP contribution in [0.1, 0.15) is 38.5 Å². The predicted octanol–water partition coefficient (Wildman–Crippen LogP) is 0.516. The van der Waals surface area contributed by atoms with E-state index in [9.17, 15) is 8.42 Å². The molecule has 2 heterocycles. The van der Waals surface area contributed by atoms with E-state index in [2.05, 4.69) is 17.4 Å². The maximum atomic E-state index is 11.2. The molecule has 2 rings (SSSR count). The zero-order chi connectivity index (χ0) is 14.0. The Hall–Kier alpha value is -0.170. The Morgan fingerprint density at radius 2 is 1.89 bits per heavy atom. The molecular formula is C13H27N3O2S. The van der Waals surface area contributed by atoms with Crippen LogP contribution in [0.5, 0.6) is 0 Å². The second-order valence-electron chi connectivity index (χ2n) is 6.33. The Balaban J connectivity index is 1.85. The molecule has 3 unspecified atom stereocenters. The maximum absolute atomic E-state index is 11.2. The molecule has 2 aliphatic heterocycles. The molecule has 0 aromatic carbocycles. The van der Waals surface area contributed by atoms with Crippen molar-refractivity contribution in [1.82, 2.24) is 10.3 Å². The molecule has 3 N–H and O–H groups in total. The summed E-state index contributed by atoms with van der Waals surface area (Å²) < 4.78 is 22.4. The van der Waals surface area contributed by atoms with E-state index in [-0.39, 0.29) is 11.8 Å². The highest BCUT2D eigenvalue weighted by molar-refractivity contribution is 7.90. The molecule has 0 aliphatic carbocycles. The van der Waals surface area contributed by atoms with Crippen LogP contribution in [-0.4, -0.2) is 50.5 Å². The van der Waals surface area contributed by atoms with Crippen molar-refractivity contribution >= 4 is 9.84 Å². The largest absolute Gasteiger partial charge is 0.300 e. The molecule has 0 amide bonds. The summed E-state index contributed by atoms with van der Waals surface area (Å²) in [5.41, 5.74) is 2.93. The zero-order valence-electron chi connectivity index (χ0n) is 12.0. The molecule has 0 aromatic rings. The second-order valence-corrected chi connectivity index (χ2v) is 8.59. The Morgan fingerprint density at radius 1 is 1.32 bits per heavy atom. The van der Waals surface area contributed by atoms with E-state index in [1.165, 1.54) is 31.9 Å². The molecule has 112 valence electrons. The monoisotopic (exact) mass is 289 g/mol. The van der Waals surface area contributed by atoms with Gasteiger partial charge in [0.15, 0.2) is 0 Å². The number of nitrogens with one attached hydrogen (secondary N) is 1. The van der Waals surface area contributed by atoms with Crippen molar-refractivity contribution in [3.63, 3.8) is 0 Å².